The first kappa shape index (κ1) is 8.96. The Balaban J connectivity index is 2.27. The fraction of sp³-hybridized carbons (Fsp3) is 0. The van der Waals surface area contributed by atoms with Crippen LogP contribution in [0.5, 0.6) is 0 Å². The molecule has 5 heteroatoms. The summed E-state index contributed by atoms with van der Waals surface area (Å²) in [6.07, 6.45) is 1.41. The molecule has 0 aliphatic carbocycles. The Labute approximate surface area is 89.9 Å². The molecule has 16 heavy (non-hydrogen) atoms. The lowest BCUT2D eigenvalue weighted by Gasteiger charge is -1.90. The Morgan fingerprint density at radius 3 is 2.94 bits per heavy atom. The number of nitrogen functional groups attached to an aromatic ring is 1. The van der Waals surface area contributed by atoms with Gasteiger partial charge >= 0.3 is 0 Å². The van der Waals surface area contributed by atoms with E-state index in [1.807, 2.05) is 0 Å². The second kappa shape index (κ2) is 3.10. The van der Waals surface area contributed by atoms with Crippen LogP contribution < -0.4 is 5.73 Å². The van der Waals surface area contributed by atoms with Crippen molar-refractivity contribution in [1.82, 2.24) is 10.1 Å². The Morgan fingerprint density at radius 2 is 2.25 bits per heavy atom. The fourth-order valence-electron chi connectivity index (χ4n) is 1.69. The minimum absolute atomic E-state index is 0.280. The van der Waals surface area contributed by atoms with E-state index >= 15 is 0 Å². The van der Waals surface area contributed by atoms with Gasteiger partial charge in [-0.1, -0.05) is 11.2 Å². The molecule has 3 rings (SSSR count). The van der Waals surface area contributed by atoms with Crippen molar-refractivity contribution in [1.29, 1.82) is 0 Å². The molecule has 0 atom stereocenters. The number of anilines is 1. The first-order valence-corrected chi connectivity index (χ1v) is 4.73. The molecular formula is C11H8FN3O. The summed E-state index contributed by atoms with van der Waals surface area (Å²) in [6.45, 7) is 0. The van der Waals surface area contributed by atoms with E-state index in [9.17, 15) is 4.39 Å². The zero-order valence-electron chi connectivity index (χ0n) is 8.20. The number of benzene rings is 1. The molecule has 0 saturated carbocycles. The first-order valence-electron chi connectivity index (χ1n) is 4.73. The Morgan fingerprint density at radius 1 is 1.38 bits per heavy atom. The largest absolute Gasteiger partial charge is 0.394 e. The van der Waals surface area contributed by atoms with Crippen molar-refractivity contribution in [3.05, 3.63) is 36.3 Å². The second-order valence-corrected chi connectivity index (χ2v) is 3.49. The molecule has 80 valence electrons. The van der Waals surface area contributed by atoms with E-state index in [0.29, 0.717) is 28.0 Å². The van der Waals surface area contributed by atoms with Gasteiger partial charge in [-0.05, 0) is 18.2 Å². The highest BCUT2D eigenvalue weighted by Gasteiger charge is 2.12. The summed E-state index contributed by atoms with van der Waals surface area (Å²) in [5, 5.41) is 4.08. The second-order valence-electron chi connectivity index (χ2n) is 3.49. The standard InChI is InChI=1S/C11H8FN3O/c12-7-2-1-3-9-6(7)4-10(15-9)11-8(13)5-14-16-11/h1-5,15H,13H2. The molecule has 0 amide bonds. The quantitative estimate of drug-likeness (QED) is 0.658. The van der Waals surface area contributed by atoms with E-state index < -0.39 is 0 Å². The number of nitrogens with one attached hydrogen (secondary N) is 1. The van der Waals surface area contributed by atoms with Crippen LogP contribution in [0.2, 0.25) is 0 Å². The highest BCUT2D eigenvalue weighted by atomic mass is 19.1. The predicted molar refractivity (Wildman–Crippen MR) is 58.2 cm³/mol. The van der Waals surface area contributed by atoms with Crippen molar-refractivity contribution in [2.24, 2.45) is 0 Å². The van der Waals surface area contributed by atoms with Crippen LogP contribution in [0.25, 0.3) is 22.4 Å². The molecule has 0 aliphatic rings. The summed E-state index contributed by atoms with van der Waals surface area (Å²) < 4.78 is 18.4. The predicted octanol–water partition coefficient (Wildman–Crippen LogP) is 2.54. The molecule has 0 unspecified atom stereocenters. The monoisotopic (exact) mass is 217 g/mol. The third-order valence-electron chi connectivity index (χ3n) is 2.45. The highest BCUT2D eigenvalue weighted by molar-refractivity contribution is 5.87. The van der Waals surface area contributed by atoms with Crippen molar-refractivity contribution in [2.45, 2.75) is 0 Å². The number of nitrogens with zero attached hydrogens (tertiary/aromatic N) is 1. The molecule has 0 radical (unpaired) electrons. The van der Waals surface area contributed by atoms with Crippen LogP contribution >= 0.6 is 0 Å². The number of fused-ring (bicyclic) bond motifs is 1. The van der Waals surface area contributed by atoms with E-state index in [4.69, 9.17) is 10.3 Å². The van der Waals surface area contributed by atoms with Crippen LogP contribution in [-0.4, -0.2) is 10.1 Å². The van der Waals surface area contributed by atoms with Gasteiger partial charge in [0.25, 0.3) is 0 Å². The molecule has 2 heterocycles. The van der Waals surface area contributed by atoms with Crippen molar-refractivity contribution < 1.29 is 8.91 Å². The summed E-state index contributed by atoms with van der Waals surface area (Å²) in [4.78, 5) is 3.03. The van der Waals surface area contributed by atoms with Crippen molar-refractivity contribution in [2.75, 3.05) is 5.73 Å². The van der Waals surface area contributed by atoms with Gasteiger partial charge in [0, 0.05) is 10.9 Å². The topological polar surface area (TPSA) is 67.8 Å². The molecule has 0 spiro atoms. The molecule has 4 nitrogen and oxygen atoms in total. The Hall–Kier alpha value is -2.30. The summed E-state index contributed by atoms with van der Waals surface area (Å²) in [7, 11) is 0. The van der Waals surface area contributed by atoms with E-state index in [0.717, 1.165) is 0 Å². The van der Waals surface area contributed by atoms with Gasteiger partial charge in [0.15, 0.2) is 0 Å². The fourth-order valence-corrected chi connectivity index (χ4v) is 1.69. The van der Waals surface area contributed by atoms with Crippen LogP contribution in [-0.2, 0) is 0 Å². The van der Waals surface area contributed by atoms with Gasteiger partial charge in [0.1, 0.15) is 11.5 Å². The summed E-state index contributed by atoms with van der Waals surface area (Å²) in [5.41, 5.74) is 7.41. The van der Waals surface area contributed by atoms with Crippen molar-refractivity contribution in [3.8, 4) is 11.5 Å². The number of hydrogen-bond donors (Lipinski definition) is 2. The molecular weight excluding hydrogens is 209 g/mol. The lowest BCUT2D eigenvalue weighted by molar-refractivity contribution is 0.431. The van der Waals surface area contributed by atoms with Crippen LogP contribution in [0.4, 0.5) is 10.1 Å². The summed E-state index contributed by atoms with van der Waals surface area (Å²) >= 11 is 0. The maximum Gasteiger partial charge on any atom is 0.205 e. The average Bonchev–Trinajstić information content (AvgIpc) is 2.84. The molecule has 0 bridgehead atoms. The highest BCUT2D eigenvalue weighted by Crippen LogP contribution is 2.29. The van der Waals surface area contributed by atoms with Gasteiger partial charge < -0.3 is 15.2 Å². The molecule has 3 aromatic rings. The molecule has 0 fully saturated rings. The number of halogens is 1. The zero-order chi connectivity index (χ0) is 11.1. The zero-order valence-corrected chi connectivity index (χ0v) is 8.20. The maximum absolute atomic E-state index is 13.4. The average molecular weight is 217 g/mol. The van der Waals surface area contributed by atoms with Crippen molar-refractivity contribution in [3.63, 3.8) is 0 Å². The van der Waals surface area contributed by atoms with E-state index in [-0.39, 0.29) is 5.82 Å². The van der Waals surface area contributed by atoms with Gasteiger partial charge in [-0.15, -0.1) is 0 Å². The lowest BCUT2D eigenvalue weighted by Crippen LogP contribution is -1.83. The smallest absolute Gasteiger partial charge is 0.205 e. The molecule has 2 aromatic heterocycles. The van der Waals surface area contributed by atoms with E-state index in [1.165, 1.54) is 12.3 Å². The van der Waals surface area contributed by atoms with Crippen LogP contribution in [0.1, 0.15) is 0 Å². The normalized spacial score (nSPS) is 11.1. The van der Waals surface area contributed by atoms with Gasteiger partial charge in [0.2, 0.25) is 5.76 Å². The minimum atomic E-state index is -0.280. The maximum atomic E-state index is 13.4. The number of aromatic amines is 1. The number of aromatic nitrogens is 2. The third-order valence-corrected chi connectivity index (χ3v) is 2.45. The number of H-pyrrole nitrogens is 1. The molecule has 3 N–H and O–H groups in total. The lowest BCUT2D eigenvalue weighted by atomic mass is 10.2. The van der Waals surface area contributed by atoms with Crippen LogP contribution in [0.3, 0.4) is 0 Å². The Bertz CT molecular complexity index is 656. The van der Waals surface area contributed by atoms with Gasteiger partial charge in [-0.3, -0.25) is 0 Å². The van der Waals surface area contributed by atoms with Crippen LogP contribution in [0.15, 0.2) is 35.0 Å². The summed E-state index contributed by atoms with van der Waals surface area (Å²) in [6, 6.07) is 6.49. The van der Waals surface area contributed by atoms with Gasteiger partial charge in [-0.25, -0.2) is 4.39 Å². The van der Waals surface area contributed by atoms with Crippen LogP contribution in [0, 0.1) is 5.82 Å². The van der Waals surface area contributed by atoms with Crippen molar-refractivity contribution >= 4 is 16.6 Å². The van der Waals surface area contributed by atoms with Gasteiger partial charge in [0.05, 0.1) is 11.9 Å². The molecule has 0 aliphatic heterocycles. The Kier molecular flexibility index (Phi) is 1.73. The van der Waals surface area contributed by atoms with E-state index in [2.05, 4.69) is 10.1 Å². The van der Waals surface area contributed by atoms with E-state index in [1.54, 1.807) is 18.2 Å². The first-order chi connectivity index (χ1) is 7.75. The number of hydrogen-bond acceptors (Lipinski definition) is 3. The molecule has 1 aromatic carbocycles. The number of rotatable bonds is 1. The summed E-state index contributed by atoms with van der Waals surface area (Å²) in [5.74, 6) is 0.147. The SMILES string of the molecule is Nc1cnoc1-c1cc2c(F)cccc2[nH]1. The van der Waals surface area contributed by atoms with Gasteiger partial charge in [-0.2, -0.15) is 0 Å². The third kappa shape index (κ3) is 1.18. The molecule has 0 saturated heterocycles. The number of nitrogens with two attached hydrogens (primary N) is 1. The minimum Gasteiger partial charge on any atom is -0.394 e.